The van der Waals surface area contributed by atoms with Crippen molar-refractivity contribution in [2.45, 2.75) is 46.2 Å². The van der Waals surface area contributed by atoms with Crippen molar-refractivity contribution >= 4 is 33.4 Å². The number of fused-ring (bicyclic) bond motifs is 1. The average Bonchev–Trinajstić information content (AvgIpc) is 3.18. The second-order valence-corrected chi connectivity index (χ2v) is 7.81. The van der Waals surface area contributed by atoms with Gasteiger partial charge in [0, 0.05) is 19.6 Å². The minimum atomic E-state index is -0.468. The highest BCUT2D eigenvalue weighted by Gasteiger charge is 2.30. The molecule has 0 aromatic carbocycles. The molecule has 0 saturated carbocycles. The summed E-state index contributed by atoms with van der Waals surface area (Å²) in [4.78, 5) is 51.9. The molecule has 0 N–H and O–H groups in total. The number of rotatable bonds is 6. The molecule has 2 aromatic heterocycles. The van der Waals surface area contributed by atoms with Crippen LogP contribution in [-0.4, -0.2) is 45.6 Å². The lowest BCUT2D eigenvalue weighted by atomic mass is 9.98. The molecule has 1 amide bonds. The van der Waals surface area contributed by atoms with E-state index in [9.17, 15) is 19.2 Å². The Hall–Kier alpha value is -2.42. The van der Waals surface area contributed by atoms with Crippen LogP contribution in [0.5, 0.6) is 0 Å². The van der Waals surface area contributed by atoms with Crippen LogP contribution in [-0.2, 0) is 27.4 Å². The Morgan fingerprint density at radius 1 is 1.25 bits per heavy atom. The van der Waals surface area contributed by atoms with Gasteiger partial charge in [0.2, 0.25) is 5.91 Å². The molecule has 8 nitrogen and oxygen atoms in total. The van der Waals surface area contributed by atoms with Crippen LogP contribution in [0.3, 0.4) is 0 Å². The molecule has 9 heteroatoms. The van der Waals surface area contributed by atoms with E-state index in [1.165, 1.54) is 20.5 Å². The molecule has 152 valence electrons. The van der Waals surface area contributed by atoms with Gasteiger partial charge in [-0.2, -0.15) is 0 Å². The second-order valence-electron chi connectivity index (χ2n) is 6.89. The van der Waals surface area contributed by atoms with Crippen molar-refractivity contribution in [3.63, 3.8) is 0 Å². The molecular weight excluding hydrogens is 382 g/mol. The number of carbonyl (C=O) groups is 2. The summed E-state index contributed by atoms with van der Waals surface area (Å²) in [5.74, 6) is -0.844. The van der Waals surface area contributed by atoms with Crippen molar-refractivity contribution in [2.75, 3.05) is 19.7 Å². The summed E-state index contributed by atoms with van der Waals surface area (Å²) in [5, 5.41) is 1.75. The van der Waals surface area contributed by atoms with E-state index in [0.717, 1.165) is 0 Å². The fourth-order valence-electron chi connectivity index (χ4n) is 3.60. The van der Waals surface area contributed by atoms with E-state index in [1.807, 2.05) is 6.92 Å². The molecule has 1 atom stereocenters. The number of esters is 1. The maximum Gasteiger partial charge on any atom is 0.332 e. The topological polar surface area (TPSA) is 90.6 Å². The highest BCUT2D eigenvalue weighted by molar-refractivity contribution is 7.17. The normalized spacial score (nSPS) is 17.1. The molecule has 1 saturated heterocycles. The minimum Gasteiger partial charge on any atom is -0.466 e. The van der Waals surface area contributed by atoms with Gasteiger partial charge in [0.05, 0.1) is 18.0 Å². The summed E-state index contributed by atoms with van der Waals surface area (Å²) in [5.41, 5.74) is -0.286. The average molecular weight is 407 g/mol. The first-order valence-corrected chi connectivity index (χ1v) is 10.5. The quantitative estimate of drug-likeness (QED) is 0.676. The Morgan fingerprint density at radius 2 is 2.04 bits per heavy atom. The van der Waals surface area contributed by atoms with Crippen LogP contribution in [0.2, 0.25) is 0 Å². The third kappa shape index (κ3) is 3.89. The van der Waals surface area contributed by atoms with E-state index in [1.54, 1.807) is 23.3 Å². The van der Waals surface area contributed by atoms with Gasteiger partial charge in [-0.05, 0) is 37.6 Å². The van der Waals surface area contributed by atoms with E-state index >= 15 is 0 Å². The first kappa shape index (κ1) is 20.3. The Morgan fingerprint density at radius 3 is 2.75 bits per heavy atom. The van der Waals surface area contributed by atoms with Crippen LogP contribution in [0.4, 0.5) is 0 Å². The van der Waals surface area contributed by atoms with Gasteiger partial charge >= 0.3 is 11.7 Å². The Balaban J connectivity index is 1.87. The molecule has 0 radical (unpaired) electrons. The number of carbonyl (C=O) groups excluding carboxylic acids is 2. The lowest BCUT2D eigenvalue weighted by Crippen LogP contribution is -2.46. The molecule has 0 spiro atoms. The van der Waals surface area contributed by atoms with Gasteiger partial charge in [-0.1, -0.05) is 6.92 Å². The smallest absolute Gasteiger partial charge is 0.332 e. The van der Waals surface area contributed by atoms with Crippen molar-refractivity contribution in [1.82, 2.24) is 14.0 Å². The standard InChI is InChI=1S/C19H25N3O5S/c1-3-8-21-17(24)16-14(7-10-28-16)22(19(21)26)12-15(23)20-9-5-6-13(11-20)18(25)27-4-2/h7,10,13H,3-6,8-9,11-12H2,1-2H3/t13-/m0/s1. The summed E-state index contributed by atoms with van der Waals surface area (Å²) in [7, 11) is 0. The predicted molar refractivity (Wildman–Crippen MR) is 107 cm³/mol. The number of nitrogens with zero attached hydrogens (tertiary/aromatic N) is 3. The van der Waals surface area contributed by atoms with Crippen LogP contribution >= 0.6 is 11.3 Å². The Labute approximate surface area is 166 Å². The Bertz CT molecular complexity index is 990. The lowest BCUT2D eigenvalue weighted by molar-refractivity contribution is -0.151. The summed E-state index contributed by atoms with van der Waals surface area (Å²) in [6.45, 7) is 4.98. The Kier molecular flexibility index (Phi) is 6.33. The molecule has 1 aliphatic heterocycles. The highest BCUT2D eigenvalue weighted by Crippen LogP contribution is 2.19. The van der Waals surface area contributed by atoms with Crippen LogP contribution in [0.15, 0.2) is 21.0 Å². The van der Waals surface area contributed by atoms with E-state index in [-0.39, 0.29) is 29.9 Å². The molecule has 0 bridgehead atoms. The zero-order valence-electron chi connectivity index (χ0n) is 16.2. The first-order chi connectivity index (χ1) is 13.5. The third-order valence-electron chi connectivity index (χ3n) is 4.97. The molecule has 28 heavy (non-hydrogen) atoms. The summed E-state index contributed by atoms with van der Waals surface area (Å²) in [6, 6.07) is 1.70. The number of hydrogen-bond donors (Lipinski definition) is 0. The maximum atomic E-state index is 12.9. The maximum absolute atomic E-state index is 12.9. The molecule has 0 unspecified atom stereocenters. The molecular formula is C19H25N3O5S. The van der Waals surface area contributed by atoms with Crippen LogP contribution in [0.25, 0.3) is 10.2 Å². The number of likely N-dealkylation sites (tertiary alicyclic amines) is 1. The van der Waals surface area contributed by atoms with Crippen LogP contribution < -0.4 is 11.2 Å². The fraction of sp³-hybridized carbons (Fsp3) is 0.579. The van der Waals surface area contributed by atoms with Gasteiger partial charge in [-0.15, -0.1) is 11.3 Å². The molecule has 3 rings (SSSR count). The number of aromatic nitrogens is 2. The van der Waals surface area contributed by atoms with Gasteiger partial charge in [0.1, 0.15) is 11.2 Å². The van der Waals surface area contributed by atoms with Crippen LogP contribution in [0, 0.1) is 5.92 Å². The molecule has 0 aliphatic carbocycles. The zero-order chi connectivity index (χ0) is 20.3. The van der Waals surface area contributed by atoms with Gasteiger partial charge in [0.25, 0.3) is 5.56 Å². The largest absolute Gasteiger partial charge is 0.466 e. The number of amides is 1. The van der Waals surface area contributed by atoms with Crippen molar-refractivity contribution in [3.05, 3.63) is 32.3 Å². The zero-order valence-corrected chi connectivity index (χ0v) is 17.0. The number of thiophene rings is 1. The predicted octanol–water partition coefficient (Wildman–Crippen LogP) is 1.44. The summed E-state index contributed by atoms with van der Waals surface area (Å²) >= 11 is 1.27. The van der Waals surface area contributed by atoms with Crippen molar-refractivity contribution < 1.29 is 14.3 Å². The fourth-order valence-corrected chi connectivity index (χ4v) is 4.44. The monoisotopic (exact) mass is 407 g/mol. The first-order valence-electron chi connectivity index (χ1n) is 9.63. The molecule has 2 aromatic rings. The van der Waals surface area contributed by atoms with E-state index < -0.39 is 5.69 Å². The minimum absolute atomic E-state index is 0.147. The molecule has 1 fully saturated rings. The van der Waals surface area contributed by atoms with Crippen molar-refractivity contribution in [1.29, 1.82) is 0 Å². The van der Waals surface area contributed by atoms with E-state index in [4.69, 9.17) is 4.74 Å². The summed E-state index contributed by atoms with van der Waals surface area (Å²) in [6.07, 6.45) is 2.05. The second kappa shape index (κ2) is 8.72. The number of hydrogen-bond acceptors (Lipinski definition) is 6. The van der Waals surface area contributed by atoms with E-state index in [2.05, 4.69) is 0 Å². The third-order valence-corrected chi connectivity index (χ3v) is 5.86. The summed E-state index contributed by atoms with van der Waals surface area (Å²) < 4.78 is 8.13. The van der Waals surface area contributed by atoms with E-state index in [0.29, 0.717) is 55.7 Å². The highest BCUT2D eigenvalue weighted by atomic mass is 32.1. The van der Waals surface area contributed by atoms with Gasteiger partial charge in [-0.25, -0.2) is 4.79 Å². The van der Waals surface area contributed by atoms with Crippen LogP contribution in [0.1, 0.15) is 33.1 Å². The van der Waals surface area contributed by atoms with Gasteiger partial charge < -0.3 is 9.64 Å². The van der Waals surface area contributed by atoms with Crippen molar-refractivity contribution in [3.8, 4) is 0 Å². The number of ether oxygens (including phenoxy) is 1. The molecule has 3 heterocycles. The van der Waals surface area contributed by atoms with Gasteiger partial charge in [0.15, 0.2) is 0 Å². The molecule has 1 aliphatic rings. The van der Waals surface area contributed by atoms with Crippen molar-refractivity contribution in [2.24, 2.45) is 5.92 Å². The lowest BCUT2D eigenvalue weighted by Gasteiger charge is -2.31. The SMILES string of the molecule is CCCn1c(=O)c2sccc2n(CC(=O)N2CCC[C@H](C(=O)OCC)C2)c1=O. The van der Waals surface area contributed by atoms with Gasteiger partial charge in [-0.3, -0.25) is 23.5 Å². The number of piperidine rings is 1.